The number of ether oxygens (including phenoxy) is 3. The molecule has 0 bridgehead atoms. The highest BCUT2D eigenvalue weighted by molar-refractivity contribution is 5.72. The average molecular weight is 741 g/mol. The Hall–Kier alpha value is -2.89. The maximum Gasteiger partial charge on any atom is 0.309 e. The van der Waals surface area contributed by atoms with Crippen molar-refractivity contribution in [1.82, 2.24) is 0 Å². The van der Waals surface area contributed by atoms with Crippen molar-refractivity contribution in [3.05, 3.63) is 60.8 Å². The van der Waals surface area contributed by atoms with Crippen molar-refractivity contribution in [2.75, 3.05) is 13.2 Å². The van der Waals surface area contributed by atoms with Gasteiger partial charge in [0.15, 0.2) is 6.10 Å². The van der Waals surface area contributed by atoms with E-state index in [9.17, 15) is 14.4 Å². The molecular formula is C47H80O6. The second kappa shape index (κ2) is 41.9. The predicted octanol–water partition coefficient (Wildman–Crippen LogP) is 13.7. The van der Waals surface area contributed by atoms with Crippen LogP contribution in [0.4, 0.5) is 0 Å². The van der Waals surface area contributed by atoms with E-state index in [2.05, 4.69) is 69.4 Å². The van der Waals surface area contributed by atoms with Crippen LogP contribution in [0.5, 0.6) is 0 Å². The fourth-order valence-corrected chi connectivity index (χ4v) is 5.81. The van der Waals surface area contributed by atoms with Gasteiger partial charge in [-0.2, -0.15) is 0 Å². The fourth-order valence-electron chi connectivity index (χ4n) is 5.81. The van der Waals surface area contributed by atoms with Crippen molar-refractivity contribution in [2.24, 2.45) is 0 Å². The molecule has 1 atom stereocenters. The number of allylic oxidation sites excluding steroid dienone is 9. The molecule has 0 heterocycles. The molecule has 0 fully saturated rings. The number of hydrogen-bond donors (Lipinski definition) is 0. The van der Waals surface area contributed by atoms with E-state index in [1.54, 1.807) is 6.08 Å². The van der Waals surface area contributed by atoms with Crippen molar-refractivity contribution in [1.29, 1.82) is 0 Å². The van der Waals surface area contributed by atoms with E-state index in [-0.39, 0.29) is 31.6 Å². The summed E-state index contributed by atoms with van der Waals surface area (Å²) in [6.45, 7) is 6.39. The van der Waals surface area contributed by atoms with E-state index in [1.807, 2.05) is 6.08 Å². The normalized spacial score (nSPS) is 12.6. The Balaban J connectivity index is 4.49. The van der Waals surface area contributed by atoms with E-state index in [0.29, 0.717) is 12.8 Å². The first-order chi connectivity index (χ1) is 26.0. The molecule has 0 aliphatic heterocycles. The van der Waals surface area contributed by atoms with Gasteiger partial charge in [-0.15, -0.1) is 0 Å². The summed E-state index contributed by atoms with van der Waals surface area (Å²) in [5.74, 6) is -1.04. The van der Waals surface area contributed by atoms with Crippen LogP contribution in [0.2, 0.25) is 0 Å². The Labute approximate surface area is 326 Å². The van der Waals surface area contributed by atoms with Gasteiger partial charge in [0.25, 0.3) is 0 Å². The Morgan fingerprint density at radius 1 is 0.396 bits per heavy atom. The third-order valence-electron chi connectivity index (χ3n) is 9.07. The van der Waals surface area contributed by atoms with E-state index >= 15 is 0 Å². The molecule has 6 nitrogen and oxygen atoms in total. The Morgan fingerprint density at radius 2 is 0.736 bits per heavy atom. The number of esters is 3. The van der Waals surface area contributed by atoms with Gasteiger partial charge in [0, 0.05) is 12.8 Å². The van der Waals surface area contributed by atoms with Gasteiger partial charge >= 0.3 is 17.9 Å². The van der Waals surface area contributed by atoms with Crippen LogP contribution in [0.15, 0.2) is 60.8 Å². The lowest BCUT2D eigenvalue weighted by Crippen LogP contribution is -2.30. The molecule has 6 heteroatoms. The van der Waals surface area contributed by atoms with Crippen LogP contribution in [-0.4, -0.2) is 37.2 Å². The summed E-state index contributed by atoms with van der Waals surface area (Å²) in [5.41, 5.74) is 0. The Bertz CT molecular complexity index is 991. The molecule has 0 saturated carbocycles. The average Bonchev–Trinajstić information content (AvgIpc) is 3.15. The lowest BCUT2D eigenvalue weighted by Gasteiger charge is -2.18. The Kier molecular flexibility index (Phi) is 39.6. The van der Waals surface area contributed by atoms with Crippen LogP contribution in [0.1, 0.15) is 201 Å². The molecule has 0 aromatic carbocycles. The first-order valence-electron chi connectivity index (χ1n) is 21.8. The molecule has 0 amide bonds. The van der Waals surface area contributed by atoms with Crippen LogP contribution in [0, 0.1) is 0 Å². The number of carbonyl (C=O) groups excluding carboxylic acids is 3. The summed E-state index contributed by atoms with van der Waals surface area (Å²) in [7, 11) is 0. The van der Waals surface area contributed by atoms with Gasteiger partial charge < -0.3 is 14.2 Å². The molecule has 0 saturated heterocycles. The van der Waals surface area contributed by atoms with Crippen molar-refractivity contribution < 1.29 is 28.6 Å². The molecule has 1 unspecified atom stereocenters. The van der Waals surface area contributed by atoms with E-state index in [1.165, 1.54) is 89.9 Å². The fraction of sp³-hybridized carbons (Fsp3) is 0.723. The molecule has 0 aromatic rings. The number of unbranched alkanes of at least 4 members (excludes halogenated alkanes) is 18. The maximum atomic E-state index is 12.7. The molecule has 0 spiro atoms. The van der Waals surface area contributed by atoms with E-state index in [4.69, 9.17) is 14.2 Å². The second-order valence-electron chi connectivity index (χ2n) is 14.3. The van der Waals surface area contributed by atoms with Gasteiger partial charge in [0.2, 0.25) is 0 Å². The number of hydrogen-bond acceptors (Lipinski definition) is 6. The van der Waals surface area contributed by atoms with Crippen LogP contribution < -0.4 is 0 Å². The lowest BCUT2D eigenvalue weighted by atomic mass is 10.1. The first-order valence-corrected chi connectivity index (χ1v) is 21.8. The van der Waals surface area contributed by atoms with Gasteiger partial charge in [0.05, 0.1) is 6.42 Å². The van der Waals surface area contributed by atoms with Crippen molar-refractivity contribution in [3.63, 3.8) is 0 Å². The molecule has 0 radical (unpaired) electrons. The van der Waals surface area contributed by atoms with E-state index in [0.717, 1.165) is 70.6 Å². The standard InChI is InChI=1S/C47H80O6/c1-4-7-10-13-16-19-21-22-23-24-26-28-31-34-37-40-46(49)52-43-44(42-51-45(48)39-36-33-30-27-18-15-12-9-6-3)53-47(50)41-38-35-32-29-25-20-17-14-11-8-5-2/h7,10,16,19,22-23,26,28,34,37,44H,4-6,8-9,11-15,17-18,20-21,24-25,27,29-33,35-36,38-43H2,1-3H3/b10-7-,19-16-,23-22-,28-26-,37-34-. The molecule has 0 aromatic heterocycles. The van der Waals surface area contributed by atoms with Gasteiger partial charge in [-0.25, -0.2) is 0 Å². The van der Waals surface area contributed by atoms with Crippen molar-refractivity contribution >= 4 is 17.9 Å². The highest BCUT2D eigenvalue weighted by Gasteiger charge is 2.19. The summed E-state index contributed by atoms with van der Waals surface area (Å²) in [4.78, 5) is 37.5. The summed E-state index contributed by atoms with van der Waals surface area (Å²) < 4.78 is 16.5. The molecule has 304 valence electrons. The highest BCUT2D eigenvalue weighted by atomic mass is 16.6. The topological polar surface area (TPSA) is 78.9 Å². The van der Waals surface area contributed by atoms with Crippen LogP contribution in [-0.2, 0) is 28.6 Å². The SMILES string of the molecule is CC/C=C\C/C=C\C/C=C\C/C=C\C/C=C\CC(=O)OCC(COC(=O)CCCCCCCCCCC)OC(=O)CCCCCCCCCCCCC. The maximum absolute atomic E-state index is 12.7. The molecule has 0 N–H and O–H groups in total. The number of rotatable bonds is 38. The third-order valence-corrected chi connectivity index (χ3v) is 9.07. The summed E-state index contributed by atoms with van der Waals surface area (Å²) in [5, 5.41) is 0. The zero-order chi connectivity index (χ0) is 38.7. The molecule has 53 heavy (non-hydrogen) atoms. The van der Waals surface area contributed by atoms with Crippen molar-refractivity contribution in [3.8, 4) is 0 Å². The molecule has 0 aliphatic rings. The summed E-state index contributed by atoms with van der Waals surface area (Å²) in [6.07, 6.45) is 49.4. The van der Waals surface area contributed by atoms with Gasteiger partial charge in [-0.1, -0.05) is 197 Å². The largest absolute Gasteiger partial charge is 0.462 e. The van der Waals surface area contributed by atoms with Gasteiger partial charge in [0.1, 0.15) is 13.2 Å². The van der Waals surface area contributed by atoms with Gasteiger partial charge in [-0.3, -0.25) is 14.4 Å². The first kappa shape index (κ1) is 50.1. The van der Waals surface area contributed by atoms with Gasteiger partial charge in [-0.05, 0) is 44.9 Å². The summed E-state index contributed by atoms with van der Waals surface area (Å²) >= 11 is 0. The predicted molar refractivity (Wildman–Crippen MR) is 224 cm³/mol. The minimum Gasteiger partial charge on any atom is -0.462 e. The zero-order valence-corrected chi connectivity index (χ0v) is 34.5. The lowest BCUT2D eigenvalue weighted by molar-refractivity contribution is -0.166. The third kappa shape index (κ3) is 40.1. The number of carbonyl (C=O) groups is 3. The monoisotopic (exact) mass is 741 g/mol. The van der Waals surface area contributed by atoms with E-state index < -0.39 is 12.1 Å². The Morgan fingerprint density at radius 3 is 1.15 bits per heavy atom. The van der Waals surface area contributed by atoms with Crippen LogP contribution in [0.3, 0.4) is 0 Å². The smallest absolute Gasteiger partial charge is 0.309 e. The molecular weight excluding hydrogens is 661 g/mol. The molecule has 0 rings (SSSR count). The quantitative estimate of drug-likeness (QED) is 0.0271. The van der Waals surface area contributed by atoms with Crippen LogP contribution in [0.25, 0.3) is 0 Å². The van der Waals surface area contributed by atoms with Crippen molar-refractivity contribution in [2.45, 2.75) is 207 Å². The minimum atomic E-state index is -0.806. The summed E-state index contributed by atoms with van der Waals surface area (Å²) in [6, 6.07) is 0. The van der Waals surface area contributed by atoms with Crippen LogP contribution >= 0.6 is 0 Å². The highest BCUT2D eigenvalue weighted by Crippen LogP contribution is 2.14. The second-order valence-corrected chi connectivity index (χ2v) is 14.3. The minimum absolute atomic E-state index is 0.102. The zero-order valence-electron chi connectivity index (χ0n) is 34.5. The molecule has 0 aliphatic carbocycles.